The molecule has 1 amide bonds. The Morgan fingerprint density at radius 2 is 1.90 bits per heavy atom. The standard InChI is InChI=1S/C15H16FN3O/c1-9-3-5-11(16)8-14(9)19-13-6-4-10(7-12(13)17)15(20)18-2/h3-8,19H,17H2,1-2H3,(H,18,20). The Bertz CT molecular complexity index is 656. The van der Waals surface area contributed by atoms with Gasteiger partial charge in [-0.25, -0.2) is 4.39 Å². The van der Waals surface area contributed by atoms with Gasteiger partial charge in [0.1, 0.15) is 5.82 Å². The molecule has 0 aliphatic carbocycles. The number of halogens is 1. The number of hydrogen-bond acceptors (Lipinski definition) is 3. The summed E-state index contributed by atoms with van der Waals surface area (Å²) in [4.78, 5) is 11.5. The van der Waals surface area contributed by atoms with E-state index in [1.807, 2.05) is 6.92 Å². The lowest BCUT2D eigenvalue weighted by atomic mass is 10.1. The maximum absolute atomic E-state index is 13.2. The van der Waals surface area contributed by atoms with Crippen molar-refractivity contribution in [2.75, 3.05) is 18.1 Å². The van der Waals surface area contributed by atoms with Crippen LogP contribution in [0.1, 0.15) is 15.9 Å². The van der Waals surface area contributed by atoms with Gasteiger partial charge in [0, 0.05) is 18.3 Å². The number of hydrogen-bond donors (Lipinski definition) is 3. The number of nitrogens with two attached hydrogens (primary N) is 1. The molecule has 0 saturated heterocycles. The number of aryl methyl sites for hydroxylation is 1. The van der Waals surface area contributed by atoms with Gasteiger partial charge in [-0.2, -0.15) is 0 Å². The minimum Gasteiger partial charge on any atom is -0.397 e. The molecule has 4 nitrogen and oxygen atoms in total. The van der Waals surface area contributed by atoms with Gasteiger partial charge in [0.15, 0.2) is 0 Å². The van der Waals surface area contributed by atoms with Crippen molar-refractivity contribution in [1.82, 2.24) is 5.32 Å². The predicted octanol–water partition coefficient (Wildman–Crippen LogP) is 2.82. The van der Waals surface area contributed by atoms with Crippen LogP contribution >= 0.6 is 0 Å². The van der Waals surface area contributed by atoms with E-state index in [0.29, 0.717) is 22.6 Å². The molecule has 0 aliphatic rings. The second-order valence-corrected chi connectivity index (χ2v) is 4.47. The summed E-state index contributed by atoms with van der Waals surface area (Å²) in [5.74, 6) is -0.524. The third kappa shape index (κ3) is 2.88. The molecule has 0 saturated carbocycles. The zero-order chi connectivity index (χ0) is 14.7. The summed E-state index contributed by atoms with van der Waals surface area (Å²) in [5, 5.41) is 5.60. The monoisotopic (exact) mass is 273 g/mol. The third-order valence-electron chi connectivity index (χ3n) is 3.01. The number of rotatable bonds is 3. The van der Waals surface area contributed by atoms with Crippen molar-refractivity contribution in [3.8, 4) is 0 Å². The molecule has 0 aliphatic heterocycles. The molecule has 0 fully saturated rings. The van der Waals surface area contributed by atoms with E-state index in [9.17, 15) is 9.18 Å². The van der Waals surface area contributed by atoms with Crippen LogP contribution in [0.5, 0.6) is 0 Å². The van der Waals surface area contributed by atoms with Crippen LogP contribution in [-0.2, 0) is 0 Å². The lowest BCUT2D eigenvalue weighted by Crippen LogP contribution is -2.18. The zero-order valence-electron chi connectivity index (χ0n) is 11.3. The maximum atomic E-state index is 13.2. The molecule has 0 aromatic heterocycles. The molecule has 2 rings (SSSR count). The highest BCUT2D eigenvalue weighted by Gasteiger charge is 2.08. The number of amides is 1. The summed E-state index contributed by atoms with van der Waals surface area (Å²) in [6.07, 6.45) is 0. The average molecular weight is 273 g/mol. The minimum absolute atomic E-state index is 0.204. The van der Waals surface area contributed by atoms with Crippen LogP contribution in [0.2, 0.25) is 0 Å². The summed E-state index contributed by atoms with van der Waals surface area (Å²) >= 11 is 0. The second kappa shape index (κ2) is 5.61. The van der Waals surface area contributed by atoms with Crippen molar-refractivity contribution < 1.29 is 9.18 Å². The van der Waals surface area contributed by atoms with E-state index in [0.717, 1.165) is 5.56 Å². The van der Waals surface area contributed by atoms with Crippen molar-refractivity contribution in [3.05, 3.63) is 53.3 Å². The highest BCUT2D eigenvalue weighted by Crippen LogP contribution is 2.26. The van der Waals surface area contributed by atoms with Crippen LogP contribution in [0.3, 0.4) is 0 Å². The maximum Gasteiger partial charge on any atom is 0.251 e. The molecule has 0 spiro atoms. The smallest absolute Gasteiger partial charge is 0.251 e. The highest BCUT2D eigenvalue weighted by molar-refractivity contribution is 5.96. The van der Waals surface area contributed by atoms with Gasteiger partial charge in [-0.3, -0.25) is 4.79 Å². The van der Waals surface area contributed by atoms with Crippen molar-refractivity contribution in [3.63, 3.8) is 0 Å². The number of carbonyl (C=O) groups is 1. The summed E-state index contributed by atoms with van der Waals surface area (Å²) < 4.78 is 13.2. The van der Waals surface area contributed by atoms with Gasteiger partial charge in [0.25, 0.3) is 5.91 Å². The fraction of sp³-hybridized carbons (Fsp3) is 0.133. The fourth-order valence-electron chi connectivity index (χ4n) is 1.84. The topological polar surface area (TPSA) is 67.2 Å². The largest absolute Gasteiger partial charge is 0.397 e. The quantitative estimate of drug-likeness (QED) is 0.753. The van der Waals surface area contributed by atoms with E-state index >= 15 is 0 Å². The Hall–Kier alpha value is -2.56. The van der Waals surface area contributed by atoms with Gasteiger partial charge in [-0.05, 0) is 42.8 Å². The molecule has 2 aromatic carbocycles. The van der Waals surface area contributed by atoms with Gasteiger partial charge >= 0.3 is 0 Å². The summed E-state index contributed by atoms with van der Waals surface area (Å²) in [7, 11) is 1.56. The average Bonchev–Trinajstić information content (AvgIpc) is 2.44. The number of benzene rings is 2. The lowest BCUT2D eigenvalue weighted by molar-refractivity contribution is 0.0963. The predicted molar refractivity (Wildman–Crippen MR) is 78.7 cm³/mol. The van der Waals surface area contributed by atoms with Crippen LogP contribution in [0.4, 0.5) is 21.5 Å². The minimum atomic E-state index is -0.321. The first-order chi connectivity index (χ1) is 9.51. The van der Waals surface area contributed by atoms with Crippen LogP contribution in [0, 0.1) is 12.7 Å². The summed E-state index contributed by atoms with van der Waals surface area (Å²) in [6.45, 7) is 1.87. The first kappa shape index (κ1) is 13.9. The van der Waals surface area contributed by atoms with Crippen molar-refractivity contribution in [2.45, 2.75) is 6.92 Å². The normalized spacial score (nSPS) is 10.2. The molecular formula is C15H16FN3O. The van der Waals surface area contributed by atoms with E-state index in [1.54, 1.807) is 31.3 Å². The van der Waals surface area contributed by atoms with E-state index < -0.39 is 0 Å². The molecule has 4 N–H and O–H groups in total. The molecule has 0 radical (unpaired) electrons. The first-order valence-electron chi connectivity index (χ1n) is 6.16. The molecule has 2 aromatic rings. The number of anilines is 3. The van der Waals surface area contributed by atoms with Crippen LogP contribution in [-0.4, -0.2) is 13.0 Å². The molecule has 0 unspecified atom stereocenters. The second-order valence-electron chi connectivity index (χ2n) is 4.47. The molecule has 0 heterocycles. The van der Waals surface area contributed by atoms with E-state index in [1.165, 1.54) is 12.1 Å². The van der Waals surface area contributed by atoms with Crippen molar-refractivity contribution in [2.24, 2.45) is 0 Å². The van der Waals surface area contributed by atoms with E-state index in [2.05, 4.69) is 10.6 Å². The van der Waals surface area contributed by atoms with Crippen molar-refractivity contribution >= 4 is 23.0 Å². The Morgan fingerprint density at radius 3 is 2.55 bits per heavy atom. The van der Waals surface area contributed by atoms with E-state index in [4.69, 9.17) is 5.73 Å². The summed E-state index contributed by atoms with van der Waals surface area (Å²) in [5.41, 5.74) is 9.00. The molecule has 0 bridgehead atoms. The van der Waals surface area contributed by atoms with Crippen molar-refractivity contribution in [1.29, 1.82) is 0 Å². The SMILES string of the molecule is CNC(=O)c1ccc(Nc2cc(F)ccc2C)c(N)c1. The molecular weight excluding hydrogens is 257 g/mol. The fourth-order valence-corrected chi connectivity index (χ4v) is 1.84. The van der Waals surface area contributed by atoms with Crippen LogP contribution in [0.15, 0.2) is 36.4 Å². The van der Waals surface area contributed by atoms with Crippen LogP contribution in [0.25, 0.3) is 0 Å². The highest BCUT2D eigenvalue weighted by atomic mass is 19.1. The molecule has 0 atom stereocenters. The van der Waals surface area contributed by atoms with Crippen LogP contribution < -0.4 is 16.4 Å². The van der Waals surface area contributed by atoms with Gasteiger partial charge in [-0.15, -0.1) is 0 Å². The van der Waals surface area contributed by atoms with Gasteiger partial charge < -0.3 is 16.4 Å². The van der Waals surface area contributed by atoms with Gasteiger partial charge in [0.05, 0.1) is 11.4 Å². The van der Waals surface area contributed by atoms with Gasteiger partial charge in [-0.1, -0.05) is 6.07 Å². The lowest BCUT2D eigenvalue weighted by Gasteiger charge is -2.12. The number of carbonyl (C=O) groups excluding carboxylic acids is 1. The third-order valence-corrected chi connectivity index (χ3v) is 3.01. The molecule has 104 valence electrons. The first-order valence-corrected chi connectivity index (χ1v) is 6.16. The van der Waals surface area contributed by atoms with Gasteiger partial charge in [0.2, 0.25) is 0 Å². The Balaban J connectivity index is 2.30. The summed E-state index contributed by atoms with van der Waals surface area (Å²) in [6, 6.07) is 9.43. The number of nitrogen functional groups attached to an aromatic ring is 1. The van der Waals surface area contributed by atoms with E-state index in [-0.39, 0.29) is 11.7 Å². The zero-order valence-corrected chi connectivity index (χ0v) is 11.3. The Labute approximate surface area is 116 Å². The molecule has 5 heteroatoms. The number of nitrogens with one attached hydrogen (secondary N) is 2. The Morgan fingerprint density at radius 1 is 1.15 bits per heavy atom. The Kier molecular flexibility index (Phi) is 3.89. The molecule has 20 heavy (non-hydrogen) atoms.